The molecule has 0 fully saturated rings. The predicted molar refractivity (Wildman–Crippen MR) is 63.0 cm³/mol. The third-order valence-electron chi connectivity index (χ3n) is 2.64. The Morgan fingerprint density at radius 1 is 1.53 bits per heavy atom. The molecule has 1 aromatic rings. The highest BCUT2D eigenvalue weighted by Crippen LogP contribution is 2.17. The molecular weight excluding hydrogens is 222 g/mol. The Hall–Kier alpha value is -1.33. The fourth-order valence-electron chi connectivity index (χ4n) is 1.69. The minimum Gasteiger partial charge on any atom is -0.475 e. The van der Waals surface area contributed by atoms with Crippen LogP contribution in [0.5, 0.6) is 0 Å². The third kappa shape index (κ3) is 3.57. The first kappa shape index (κ1) is 13.7. The number of hydrogen-bond donors (Lipinski definition) is 2. The van der Waals surface area contributed by atoms with E-state index in [2.05, 4.69) is 0 Å². The van der Waals surface area contributed by atoms with Gasteiger partial charge in [0.2, 0.25) is 5.76 Å². The van der Waals surface area contributed by atoms with Crippen LogP contribution >= 0.6 is 0 Å². The summed E-state index contributed by atoms with van der Waals surface area (Å²) in [5.74, 6) is -0.443. The second-order valence-electron chi connectivity index (χ2n) is 4.32. The number of aliphatic hydroxyl groups excluding tert-OH is 1. The van der Waals surface area contributed by atoms with Gasteiger partial charge in [0.1, 0.15) is 5.76 Å². The quantitative estimate of drug-likeness (QED) is 0.789. The molecule has 0 atom stereocenters. The van der Waals surface area contributed by atoms with Gasteiger partial charge in [-0.1, -0.05) is 0 Å². The van der Waals surface area contributed by atoms with E-state index in [-0.39, 0.29) is 18.4 Å². The molecule has 2 N–H and O–H groups in total. The number of rotatable bonds is 6. The lowest BCUT2D eigenvalue weighted by molar-refractivity contribution is 0.0655. The Kier molecular flexibility index (Phi) is 4.72. The molecule has 0 amide bonds. The number of aryl methyl sites for hydroxylation is 1. The third-order valence-corrected chi connectivity index (χ3v) is 2.64. The van der Waals surface area contributed by atoms with E-state index in [0.717, 1.165) is 0 Å². The molecule has 1 rings (SSSR count). The van der Waals surface area contributed by atoms with Crippen molar-refractivity contribution in [2.24, 2.45) is 0 Å². The number of nitrogens with zero attached hydrogens (tertiary/aromatic N) is 1. The Labute approximate surface area is 101 Å². The molecule has 0 aliphatic carbocycles. The maximum Gasteiger partial charge on any atom is 0.372 e. The first-order valence-electron chi connectivity index (χ1n) is 5.63. The molecule has 0 aliphatic rings. The van der Waals surface area contributed by atoms with E-state index in [1.165, 1.54) is 0 Å². The van der Waals surface area contributed by atoms with Crippen molar-refractivity contribution in [3.05, 3.63) is 23.2 Å². The Balaban J connectivity index is 2.79. The van der Waals surface area contributed by atoms with Crippen LogP contribution in [-0.2, 0) is 6.54 Å². The summed E-state index contributed by atoms with van der Waals surface area (Å²) in [5.41, 5.74) is 0.625. The average Bonchev–Trinajstić information content (AvgIpc) is 2.59. The zero-order chi connectivity index (χ0) is 13.0. The summed E-state index contributed by atoms with van der Waals surface area (Å²) in [6.07, 6.45) is 0. The van der Waals surface area contributed by atoms with Gasteiger partial charge in [0.05, 0.1) is 13.2 Å². The fourth-order valence-corrected chi connectivity index (χ4v) is 1.69. The molecule has 0 unspecified atom stereocenters. The zero-order valence-electron chi connectivity index (χ0n) is 10.4. The molecule has 0 saturated carbocycles. The number of aliphatic hydroxyl groups is 1. The van der Waals surface area contributed by atoms with Crippen LogP contribution in [0.4, 0.5) is 0 Å². The number of carbonyl (C=O) groups is 1. The molecule has 5 heteroatoms. The van der Waals surface area contributed by atoms with Crippen LogP contribution in [0.25, 0.3) is 0 Å². The van der Waals surface area contributed by atoms with Gasteiger partial charge in [-0.25, -0.2) is 4.79 Å². The molecule has 0 bridgehead atoms. The first-order valence-corrected chi connectivity index (χ1v) is 5.63. The maximum atomic E-state index is 10.8. The lowest BCUT2D eigenvalue weighted by atomic mass is 10.2. The number of hydrogen-bond acceptors (Lipinski definition) is 4. The van der Waals surface area contributed by atoms with Crippen molar-refractivity contribution in [1.29, 1.82) is 0 Å². The maximum absolute atomic E-state index is 10.8. The van der Waals surface area contributed by atoms with Crippen LogP contribution in [0.1, 0.15) is 35.7 Å². The smallest absolute Gasteiger partial charge is 0.372 e. The van der Waals surface area contributed by atoms with Gasteiger partial charge in [-0.2, -0.15) is 0 Å². The monoisotopic (exact) mass is 241 g/mol. The molecule has 0 saturated heterocycles. The number of carboxylic acid groups (broad SMARTS) is 1. The molecule has 5 nitrogen and oxygen atoms in total. The van der Waals surface area contributed by atoms with E-state index < -0.39 is 5.97 Å². The Morgan fingerprint density at radius 3 is 2.59 bits per heavy atom. The van der Waals surface area contributed by atoms with Gasteiger partial charge in [-0.15, -0.1) is 0 Å². The Bertz CT molecular complexity index is 384. The lowest BCUT2D eigenvalue weighted by Gasteiger charge is -2.24. The highest BCUT2D eigenvalue weighted by atomic mass is 16.4. The highest BCUT2D eigenvalue weighted by Gasteiger charge is 2.17. The van der Waals surface area contributed by atoms with Crippen molar-refractivity contribution >= 4 is 5.97 Å². The van der Waals surface area contributed by atoms with Gasteiger partial charge >= 0.3 is 5.97 Å². The van der Waals surface area contributed by atoms with Crippen molar-refractivity contribution in [3.63, 3.8) is 0 Å². The van der Waals surface area contributed by atoms with Crippen molar-refractivity contribution in [1.82, 2.24) is 4.90 Å². The molecule has 0 radical (unpaired) electrons. The largest absolute Gasteiger partial charge is 0.475 e. The van der Waals surface area contributed by atoms with E-state index in [4.69, 9.17) is 14.6 Å². The molecule has 0 spiro atoms. The average molecular weight is 241 g/mol. The Morgan fingerprint density at radius 2 is 2.18 bits per heavy atom. The van der Waals surface area contributed by atoms with Crippen LogP contribution in [0.15, 0.2) is 10.5 Å². The predicted octanol–water partition coefficient (Wildman–Crippen LogP) is 1.49. The number of carboxylic acids is 1. The second kappa shape index (κ2) is 5.84. The molecular formula is C12H19NO4. The lowest BCUT2D eigenvalue weighted by Crippen LogP contribution is -2.32. The van der Waals surface area contributed by atoms with Crippen molar-refractivity contribution in [3.8, 4) is 0 Å². The van der Waals surface area contributed by atoms with Gasteiger partial charge in [0.25, 0.3) is 0 Å². The van der Waals surface area contributed by atoms with Crippen molar-refractivity contribution < 1.29 is 19.4 Å². The summed E-state index contributed by atoms with van der Waals surface area (Å²) >= 11 is 0. The zero-order valence-corrected chi connectivity index (χ0v) is 10.4. The van der Waals surface area contributed by atoms with Crippen LogP contribution in [-0.4, -0.2) is 40.3 Å². The van der Waals surface area contributed by atoms with Crippen LogP contribution in [0.2, 0.25) is 0 Å². The van der Waals surface area contributed by atoms with Crippen LogP contribution in [0, 0.1) is 6.92 Å². The van der Waals surface area contributed by atoms with E-state index in [9.17, 15) is 4.79 Å². The topological polar surface area (TPSA) is 73.9 Å². The molecule has 17 heavy (non-hydrogen) atoms. The molecule has 1 aromatic heterocycles. The molecule has 0 aromatic carbocycles. The minimum absolute atomic E-state index is 0.00676. The van der Waals surface area contributed by atoms with E-state index in [1.54, 1.807) is 13.0 Å². The van der Waals surface area contributed by atoms with E-state index >= 15 is 0 Å². The van der Waals surface area contributed by atoms with Crippen molar-refractivity contribution in [2.45, 2.75) is 33.4 Å². The van der Waals surface area contributed by atoms with Crippen molar-refractivity contribution in [2.75, 3.05) is 13.2 Å². The van der Waals surface area contributed by atoms with Crippen LogP contribution < -0.4 is 0 Å². The van der Waals surface area contributed by atoms with E-state index in [1.807, 2.05) is 18.7 Å². The highest BCUT2D eigenvalue weighted by molar-refractivity contribution is 5.86. The summed E-state index contributed by atoms with van der Waals surface area (Å²) in [6, 6.07) is 2.00. The summed E-state index contributed by atoms with van der Waals surface area (Å²) in [5, 5.41) is 17.8. The second-order valence-corrected chi connectivity index (χ2v) is 4.32. The molecule has 96 valence electrons. The van der Waals surface area contributed by atoms with Gasteiger partial charge in [-0.05, 0) is 26.8 Å². The summed E-state index contributed by atoms with van der Waals surface area (Å²) in [4.78, 5) is 12.9. The van der Waals surface area contributed by atoms with E-state index in [0.29, 0.717) is 24.4 Å². The molecule has 1 heterocycles. The number of furan rings is 1. The van der Waals surface area contributed by atoms with Gasteiger partial charge < -0.3 is 14.6 Å². The summed E-state index contributed by atoms with van der Waals surface area (Å²) in [7, 11) is 0. The normalized spacial score (nSPS) is 11.4. The van der Waals surface area contributed by atoms with Crippen LogP contribution in [0.3, 0.4) is 0 Å². The summed E-state index contributed by atoms with van der Waals surface area (Å²) < 4.78 is 5.28. The first-order chi connectivity index (χ1) is 7.95. The standard InChI is InChI=1S/C12H19NO4/c1-8(2)13(4-5-14)7-10-6-9(3)11(17-10)12(15)16/h6,8,14H,4-5,7H2,1-3H3,(H,15,16). The summed E-state index contributed by atoms with van der Waals surface area (Å²) in [6.45, 7) is 6.87. The SMILES string of the molecule is Cc1cc(CN(CCO)C(C)C)oc1C(=O)O. The molecule has 0 aliphatic heterocycles. The van der Waals surface area contributed by atoms with Gasteiger partial charge in [-0.3, -0.25) is 4.90 Å². The fraction of sp³-hybridized carbons (Fsp3) is 0.583. The van der Waals surface area contributed by atoms with Gasteiger partial charge in [0, 0.05) is 18.2 Å². The number of aromatic carboxylic acids is 1. The minimum atomic E-state index is -1.05. The van der Waals surface area contributed by atoms with Gasteiger partial charge in [0.15, 0.2) is 0 Å².